The first-order valence-corrected chi connectivity index (χ1v) is 8.01. The third-order valence-electron chi connectivity index (χ3n) is 4.75. The molecule has 1 N–H and O–H groups in total. The molecule has 0 amide bonds. The van der Waals surface area contributed by atoms with Gasteiger partial charge in [0.25, 0.3) is 0 Å². The summed E-state index contributed by atoms with van der Waals surface area (Å²) < 4.78 is 0. The lowest BCUT2D eigenvalue weighted by Crippen LogP contribution is -2.45. The van der Waals surface area contributed by atoms with Gasteiger partial charge >= 0.3 is 0 Å². The number of rotatable bonds is 6. The summed E-state index contributed by atoms with van der Waals surface area (Å²) in [5.74, 6) is 2.61. The maximum Gasteiger partial charge on any atom is 0.0105 e. The van der Waals surface area contributed by atoms with Crippen LogP contribution in [-0.2, 0) is 0 Å². The first-order valence-electron chi connectivity index (χ1n) is 8.01. The summed E-state index contributed by atoms with van der Waals surface area (Å²) in [6.07, 6.45) is 7.10. The molecule has 2 heteroatoms. The van der Waals surface area contributed by atoms with Crippen molar-refractivity contribution in [2.24, 2.45) is 17.8 Å². The van der Waals surface area contributed by atoms with Gasteiger partial charge in [-0.2, -0.15) is 0 Å². The van der Waals surface area contributed by atoms with E-state index >= 15 is 0 Å². The van der Waals surface area contributed by atoms with Crippen molar-refractivity contribution in [2.75, 3.05) is 20.1 Å². The number of nitrogens with one attached hydrogen (secondary N) is 1. The van der Waals surface area contributed by atoms with E-state index in [9.17, 15) is 0 Å². The summed E-state index contributed by atoms with van der Waals surface area (Å²) in [5, 5.41) is 3.57. The molecule has 2 aliphatic carbocycles. The fourth-order valence-electron chi connectivity index (χ4n) is 3.66. The lowest BCUT2D eigenvalue weighted by Gasteiger charge is -2.38. The Kier molecular flexibility index (Phi) is 5.08. The second kappa shape index (κ2) is 6.38. The van der Waals surface area contributed by atoms with Crippen LogP contribution in [0.4, 0.5) is 0 Å². The van der Waals surface area contributed by atoms with Gasteiger partial charge in [0.1, 0.15) is 0 Å². The van der Waals surface area contributed by atoms with Crippen LogP contribution in [0.3, 0.4) is 0 Å². The molecular formula is C16H32N2. The van der Waals surface area contributed by atoms with Gasteiger partial charge in [-0.3, -0.25) is 4.90 Å². The largest absolute Gasteiger partial charge is 0.317 e. The van der Waals surface area contributed by atoms with Crippen molar-refractivity contribution < 1.29 is 0 Å². The molecule has 2 nitrogen and oxygen atoms in total. The Labute approximate surface area is 114 Å². The predicted octanol–water partition coefficient (Wildman–Crippen LogP) is 3.13. The molecule has 2 fully saturated rings. The van der Waals surface area contributed by atoms with Crippen molar-refractivity contribution in [1.82, 2.24) is 10.2 Å². The topological polar surface area (TPSA) is 15.3 Å². The molecule has 0 saturated heterocycles. The summed E-state index contributed by atoms with van der Waals surface area (Å²) >= 11 is 0. The first-order chi connectivity index (χ1) is 8.60. The minimum absolute atomic E-state index is 0.759. The van der Waals surface area contributed by atoms with Gasteiger partial charge in [-0.1, -0.05) is 20.8 Å². The van der Waals surface area contributed by atoms with E-state index in [1.54, 1.807) is 0 Å². The second-order valence-electron chi connectivity index (χ2n) is 7.15. The van der Waals surface area contributed by atoms with Crippen LogP contribution < -0.4 is 5.32 Å². The SMILES string of the molecule is CNC1CCC(C)CC1CN(CC(C)C)C1CC1. The molecule has 0 aromatic heterocycles. The van der Waals surface area contributed by atoms with Crippen molar-refractivity contribution in [3.05, 3.63) is 0 Å². The van der Waals surface area contributed by atoms with Crippen LogP contribution in [0.1, 0.15) is 52.9 Å². The Hall–Kier alpha value is -0.0800. The Morgan fingerprint density at radius 3 is 2.44 bits per heavy atom. The van der Waals surface area contributed by atoms with E-state index in [-0.39, 0.29) is 0 Å². The molecule has 0 aromatic carbocycles. The van der Waals surface area contributed by atoms with Gasteiger partial charge in [-0.05, 0) is 56.9 Å². The highest BCUT2D eigenvalue weighted by molar-refractivity contribution is 4.90. The molecule has 0 spiro atoms. The molecule has 0 bridgehead atoms. The van der Waals surface area contributed by atoms with Gasteiger partial charge in [0, 0.05) is 25.2 Å². The maximum absolute atomic E-state index is 3.57. The quantitative estimate of drug-likeness (QED) is 0.781. The average Bonchev–Trinajstić information content (AvgIpc) is 3.11. The molecule has 2 aliphatic rings. The molecule has 3 unspecified atom stereocenters. The van der Waals surface area contributed by atoms with E-state index in [0.29, 0.717) is 0 Å². The maximum atomic E-state index is 3.57. The van der Waals surface area contributed by atoms with Crippen LogP contribution in [0.15, 0.2) is 0 Å². The molecular weight excluding hydrogens is 220 g/mol. The van der Waals surface area contributed by atoms with Crippen molar-refractivity contribution in [1.29, 1.82) is 0 Å². The molecule has 3 atom stereocenters. The lowest BCUT2D eigenvalue weighted by molar-refractivity contribution is 0.133. The fraction of sp³-hybridized carbons (Fsp3) is 1.00. The van der Waals surface area contributed by atoms with E-state index in [1.165, 1.54) is 45.2 Å². The molecule has 0 aromatic rings. The zero-order valence-corrected chi connectivity index (χ0v) is 12.8. The Balaban J connectivity index is 1.90. The number of hydrogen-bond donors (Lipinski definition) is 1. The van der Waals surface area contributed by atoms with Crippen LogP contribution in [0.2, 0.25) is 0 Å². The summed E-state index contributed by atoms with van der Waals surface area (Å²) in [6.45, 7) is 9.77. The van der Waals surface area contributed by atoms with Gasteiger partial charge in [-0.25, -0.2) is 0 Å². The van der Waals surface area contributed by atoms with Gasteiger partial charge in [0.15, 0.2) is 0 Å². The minimum Gasteiger partial charge on any atom is -0.317 e. The number of hydrogen-bond acceptors (Lipinski definition) is 2. The molecule has 0 radical (unpaired) electrons. The van der Waals surface area contributed by atoms with Crippen molar-refractivity contribution in [3.63, 3.8) is 0 Å². The summed E-state index contributed by atoms with van der Waals surface area (Å²) in [5.41, 5.74) is 0. The van der Waals surface area contributed by atoms with Crippen LogP contribution in [0.25, 0.3) is 0 Å². The third kappa shape index (κ3) is 3.96. The normalized spacial score (nSPS) is 33.3. The third-order valence-corrected chi connectivity index (χ3v) is 4.75. The van der Waals surface area contributed by atoms with E-state index in [1.807, 2.05) is 0 Å². The zero-order chi connectivity index (χ0) is 13.1. The van der Waals surface area contributed by atoms with Crippen LogP contribution in [0, 0.1) is 17.8 Å². The first kappa shape index (κ1) is 14.3. The van der Waals surface area contributed by atoms with Crippen LogP contribution in [-0.4, -0.2) is 37.1 Å². The molecule has 0 aliphatic heterocycles. The summed E-state index contributed by atoms with van der Waals surface area (Å²) in [4.78, 5) is 2.79. The van der Waals surface area contributed by atoms with Crippen LogP contribution >= 0.6 is 0 Å². The Morgan fingerprint density at radius 2 is 1.89 bits per heavy atom. The van der Waals surface area contributed by atoms with E-state index < -0.39 is 0 Å². The molecule has 18 heavy (non-hydrogen) atoms. The Bertz CT molecular complexity index is 247. The van der Waals surface area contributed by atoms with E-state index in [0.717, 1.165) is 29.8 Å². The highest BCUT2D eigenvalue weighted by atomic mass is 15.2. The van der Waals surface area contributed by atoms with Gasteiger partial charge < -0.3 is 5.32 Å². The van der Waals surface area contributed by atoms with E-state index in [4.69, 9.17) is 0 Å². The Morgan fingerprint density at radius 1 is 1.17 bits per heavy atom. The summed E-state index contributed by atoms with van der Waals surface area (Å²) in [6, 6.07) is 1.68. The molecule has 0 heterocycles. The van der Waals surface area contributed by atoms with Gasteiger partial charge in [-0.15, -0.1) is 0 Å². The molecule has 2 rings (SSSR count). The van der Waals surface area contributed by atoms with Crippen molar-refractivity contribution in [3.8, 4) is 0 Å². The van der Waals surface area contributed by atoms with Crippen LogP contribution in [0.5, 0.6) is 0 Å². The minimum atomic E-state index is 0.759. The molecule has 106 valence electrons. The zero-order valence-electron chi connectivity index (χ0n) is 12.8. The lowest BCUT2D eigenvalue weighted by atomic mass is 9.78. The monoisotopic (exact) mass is 252 g/mol. The van der Waals surface area contributed by atoms with Crippen molar-refractivity contribution >= 4 is 0 Å². The van der Waals surface area contributed by atoms with Crippen molar-refractivity contribution in [2.45, 2.75) is 65.0 Å². The predicted molar refractivity (Wildman–Crippen MR) is 78.8 cm³/mol. The standard InChI is InChI=1S/C16H32N2/c1-12(2)10-18(15-6-7-15)11-14-9-13(3)5-8-16(14)17-4/h12-17H,5-11H2,1-4H3. The molecule has 2 saturated carbocycles. The second-order valence-corrected chi connectivity index (χ2v) is 7.15. The highest BCUT2D eigenvalue weighted by Crippen LogP contribution is 2.33. The summed E-state index contributed by atoms with van der Waals surface area (Å²) in [7, 11) is 2.15. The van der Waals surface area contributed by atoms with Gasteiger partial charge in [0.2, 0.25) is 0 Å². The highest BCUT2D eigenvalue weighted by Gasteiger charge is 2.34. The smallest absolute Gasteiger partial charge is 0.0105 e. The number of nitrogens with zero attached hydrogens (tertiary/aromatic N) is 1. The fourth-order valence-corrected chi connectivity index (χ4v) is 3.66. The van der Waals surface area contributed by atoms with Gasteiger partial charge in [0.05, 0.1) is 0 Å². The van der Waals surface area contributed by atoms with E-state index in [2.05, 4.69) is 38.0 Å². The average molecular weight is 252 g/mol.